The second-order valence-corrected chi connectivity index (χ2v) is 3.77. The molecule has 0 unspecified atom stereocenters. The van der Waals surface area contributed by atoms with E-state index in [0.717, 1.165) is 22.6 Å². The predicted octanol–water partition coefficient (Wildman–Crippen LogP) is 3.45. The summed E-state index contributed by atoms with van der Waals surface area (Å²) in [6.07, 6.45) is 4.12. The van der Waals surface area contributed by atoms with Crippen LogP contribution in [-0.2, 0) is 0 Å². The van der Waals surface area contributed by atoms with Crippen molar-refractivity contribution >= 4 is 17.8 Å². The van der Waals surface area contributed by atoms with Crippen molar-refractivity contribution in [1.82, 2.24) is 0 Å². The van der Waals surface area contributed by atoms with Crippen molar-refractivity contribution in [3.05, 3.63) is 59.7 Å². The molecule has 0 saturated heterocycles. The topological polar surface area (TPSA) is 35.2 Å². The van der Waals surface area contributed by atoms with E-state index >= 15 is 0 Å². The van der Waals surface area contributed by atoms with E-state index in [-0.39, 0.29) is 0 Å². The summed E-state index contributed by atoms with van der Waals surface area (Å²) in [6, 6.07) is 15.7. The molecule has 17 heavy (non-hydrogen) atoms. The highest BCUT2D eigenvalue weighted by atomic mass is 16.5. The normalized spacial score (nSPS) is 10.6. The summed E-state index contributed by atoms with van der Waals surface area (Å²) >= 11 is 0. The molecule has 86 valence electrons. The second-order valence-electron chi connectivity index (χ2n) is 3.77. The van der Waals surface area contributed by atoms with Crippen LogP contribution in [0.5, 0.6) is 5.75 Å². The Balaban J connectivity index is 2.11. The first kappa shape index (κ1) is 11.3. The second kappa shape index (κ2) is 5.21. The van der Waals surface area contributed by atoms with Gasteiger partial charge in [0.25, 0.3) is 0 Å². The number of methoxy groups -OCH3 is 1. The zero-order valence-corrected chi connectivity index (χ0v) is 9.76. The number of nitrogens with two attached hydrogens (primary N) is 1. The van der Waals surface area contributed by atoms with E-state index in [0.29, 0.717) is 0 Å². The molecule has 0 saturated carbocycles. The van der Waals surface area contributed by atoms with Gasteiger partial charge in [0.05, 0.1) is 7.11 Å². The number of hydrogen-bond donors (Lipinski definition) is 1. The molecule has 0 spiro atoms. The lowest BCUT2D eigenvalue weighted by molar-refractivity contribution is 0.415. The molecule has 0 aromatic heterocycles. The van der Waals surface area contributed by atoms with Gasteiger partial charge in [-0.05, 0) is 35.4 Å². The lowest BCUT2D eigenvalue weighted by Crippen LogP contribution is -1.83. The maximum Gasteiger partial charge on any atom is 0.118 e. The third kappa shape index (κ3) is 3.11. The molecule has 2 aromatic rings. The summed E-state index contributed by atoms with van der Waals surface area (Å²) in [6.45, 7) is 0. The Labute approximate surface area is 101 Å². The average Bonchev–Trinajstić information content (AvgIpc) is 2.39. The Morgan fingerprint density at radius 2 is 1.29 bits per heavy atom. The fourth-order valence-electron chi connectivity index (χ4n) is 1.51. The van der Waals surface area contributed by atoms with Crippen molar-refractivity contribution in [1.29, 1.82) is 0 Å². The summed E-state index contributed by atoms with van der Waals surface area (Å²) in [7, 11) is 1.67. The summed E-state index contributed by atoms with van der Waals surface area (Å²) < 4.78 is 5.11. The minimum atomic E-state index is 0.784. The van der Waals surface area contributed by atoms with E-state index in [9.17, 15) is 0 Å². The molecule has 0 aliphatic rings. The zero-order chi connectivity index (χ0) is 12.1. The van der Waals surface area contributed by atoms with Crippen molar-refractivity contribution in [2.45, 2.75) is 0 Å². The Kier molecular flexibility index (Phi) is 3.46. The number of benzene rings is 2. The predicted molar refractivity (Wildman–Crippen MR) is 72.8 cm³/mol. The van der Waals surface area contributed by atoms with Crippen LogP contribution in [0.25, 0.3) is 12.2 Å². The first-order valence-corrected chi connectivity index (χ1v) is 5.45. The monoisotopic (exact) mass is 225 g/mol. The first-order chi connectivity index (χ1) is 8.28. The number of anilines is 1. The van der Waals surface area contributed by atoms with Crippen LogP contribution >= 0.6 is 0 Å². The fourth-order valence-corrected chi connectivity index (χ4v) is 1.51. The van der Waals surface area contributed by atoms with Crippen LogP contribution in [0.1, 0.15) is 11.1 Å². The Morgan fingerprint density at radius 1 is 0.824 bits per heavy atom. The van der Waals surface area contributed by atoms with E-state index < -0.39 is 0 Å². The van der Waals surface area contributed by atoms with E-state index in [1.54, 1.807) is 7.11 Å². The lowest BCUT2D eigenvalue weighted by Gasteiger charge is -1.99. The third-order valence-electron chi connectivity index (χ3n) is 2.52. The Hall–Kier alpha value is -2.22. The fraction of sp³-hybridized carbons (Fsp3) is 0.0667. The minimum Gasteiger partial charge on any atom is -0.497 e. The molecular weight excluding hydrogens is 210 g/mol. The molecule has 0 bridgehead atoms. The lowest BCUT2D eigenvalue weighted by atomic mass is 10.1. The summed E-state index contributed by atoms with van der Waals surface area (Å²) in [5.74, 6) is 0.870. The van der Waals surface area contributed by atoms with Crippen LogP contribution in [0.4, 0.5) is 5.69 Å². The van der Waals surface area contributed by atoms with Gasteiger partial charge in [-0.15, -0.1) is 0 Å². The molecule has 0 fully saturated rings. The van der Waals surface area contributed by atoms with Gasteiger partial charge in [0.15, 0.2) is 0 Å². The van der Waals surface area contributed by atoms with Crippen LogP contribution in [0.2, 0.25) is 0 Å². The van der Waals surface area contributed by atoms with Crippen molar-refractivity contribution in [3.63, 3.8) is 0 Å². The van der Waals surface area contributed by atoms with Gasteiger partial charge in [-0.3, -0.25) is 0 Å². The third-order valence-corrected chi connectivity index (χ3v) is 2.52. The molecule has 0 aliphatic carbocycles. The van der Waals surface area contributed by atoms with Crippen molar-refractivity contribution < 1.29 is 4.74 Å². The molecule has 0 aliphatic heterocycles. The van der Waals surface area contributed by atoms with Gasteiger partial charge in [-0.1, -0.05) is 36.4 Å². The van der Waals surface area contributed by atoms with Gasteiger partial charge >= 0.3 is 0 Å². The van der Waals surface area contributed by atoms with Crippen LogP contribution in [-0.4, -0.2) is 7.11 Å². The van der Waals surface area contributed by atoms with Gasteiger partial charge in [0, 0.05) is 5.69 Å². The number of hydrogen-bond acceptors (Lipinski definition) is 2. The van der Waals surface area contributed by atoms with E-state index in [1.807, 2.05) is 48.5 Å². The van der Waals surface area contributed by atoms with Crippen molar-refractivity contribution in [3.8, 4) is 5.75 Å². The molecule has 0 atom stereocenters. The zero-order valence-electron chi connectivity index (χ0n) is 9.76. The molecule has 2 rings (SSSR count). The van der Waals surface area contributed by atoms with Crippen LogP contribution < -0.4 is 10.5 Å². The Bertz CT molecular complexity index is 497. The highest BCUT2D eigenvalue weighted by Crippen LogP contribution is 2.14. The van der Waals surface area contributed by atoms with E-state index in [1.165, 1.54) is 0 Å². The highest BCUT2D eigenvalue weighted by Gasteiger charge is 1.91. The first-order valence-electron chi connectivity index (χ1n) is 5.45. The molecule has 0 radical (unpaired) electrons. The van der Waals surface area contributed by atoms with Gasteiger partial charge in [-0.25, -0.2) is 0 Å². The number of ether oxygens (including phenoxy) is 1. The maximum absolute atomic E-state index is 5.63. The summed E-state index contributed by atoms with van der Waals surface area (Å²) in [4.78, 5) is 0. The number of rotatable bonds is 3. The van der Waals surface area contributed by atoms with Gasteiger partial charge < -0.3 is 10.5 Å². The van der Waals surface area contributed by atoms with Gasteiger partial charge in [-0.2, -0.15) is 0 Å². The SMILES string of the molecule is COc1ccc(C=Cc2ccc(N)cc2)cc1. The molecule has 2 N–H and O–H groups in total. The van der Waals surface area contributed by atoms with Gasteiger partial charge in [0.2, 0.25) is 0 Å². The smallest absolute Gasteiger partial charge is 0.118 e. The largest absolute Gasteiger partial charge is 0.497 e. The standard InChI is InChI=1S/C15H15NO/c1-17-15-10-6-13(7-11-15)3-2-12-4-8-14(16)9-5-12/h2-11H,16H2,1H3. The summed E-state index contributed by atoms with van der Waals surface area (Å²) in [5, 5.41) is 0. The van der Waals surface area contributed by atoms with Crippen LogP contribution in [0.3, 0.4) is 0 Å². The van der Waals surface area contributed by atoms with Crippen LogP contribution in [0, 0.1) is 0 Å². The van der Waals surface area contributed by atoms with Crippen LogP contribution in [0.15, 0.2) is 48.5 Å². The quantitative estimate of drug-likeness (QED) is 0.641. The maximum atomic E-state index is 5.63. The minimum absolute atomic E-state index is 0.784. The van der Waals surface area contributed by atoms with Crippen molar-refractivity contribution in [2.24, 2.45) is 0 Å². The number of nitrogen functional groups attached to an aromatic ring is 1. The van der Waals surface area contributed by atoms with E-state index in [2.05, 4.69) is 12.2 Å². The molecule has 0 heterocycles. The average molecular weight is 225 g/mol. The highest BCUT2D eigenvalue weighted by molar-refractivity contribution is 5.70. The molecule has 0 amide bonds. The summed E-state index contributed by atoms with van der Waals surface area (Å²) in [5.41, 5.74) is 8.69. The molecule has 2 aromatic carbocycles. The Morgan fingerprint density at radius 3 is 1.76 bits per heavy atom. The van der Waals surface area contributed by atoms with Gasteiger partial charge in [0.1, 0.15) is 5.75 Å². The molecule has 2 heteroatoms. The molecule has 2 nitrogen and oxygen atoms in total. The van der Waals surface area contributed by atoms with Crippen molar-refractivity contribution in [2.75, 3.05) is 12.8 Å². The molecular formula is C15H15NO. The van der Waals surface area contributed by atoms with E-state index in [4.69, 9.17) is 10.5 Å².